The minimum Gasteiger partial charge on any atom is -0.497 e. The molecule has 2 heterocycles. The summed E-state index contributed by atoms with van der Waals surface area (Å²) in [7, 11) is 1.57. The summed E-state index contributed by atoms with van der Waals surface area (Å²) in [5.74, 6) is 1.46. The molecule has 168 valence electrons. The van der Waals surface area contributed by atoms with E-state index >= 15 is 0 Å². The third-order valence-electron chi connectivity index (χ3n) is 4.99. The Morgan fingerprint density at radius 3 is 2.66 bits per heavy atom. The van der Waals surface area contributed by atoms with Crippen LogP contribution in [0.3, 0.4) is 0 Å². The smallest absolute Gasteiger partial charge is 0.254 e. The van der Waals surface area contributed by atoms with Crippen LogP contribution in [0.25, 0.3) is 11.4 Å². The maximum absolute atomic E-state index is 12.6. The van der Waals surface area contributed by atoms with Gasteiger partial charge in [0.15, 0.2) is 0 Å². The molecule has 0 radical (unpaired) electrons. The van der Waals surface area contributed by atoms with Gasteiger partial charge in [-0.2, -0.15) is 0 Å². The van der Waals surface area contributed by atoms with E-state index in [0.29, 0.717) is 40.9 Å². The minimum atomic E-state index is -0.248. The zero-order chi connectivity index (χ0) is 22.9. The van der Waals surface area contributed by atoms with Crippen LogP contribution in [0.5, 0.6) is 11.5 Å². The van der Waals surface area contributed by atoms with Gasteiger partial charge in [-0.1, -0.05) is 13.3 Å². The summed E-state index contributed by atoms with van der Waals surface area (Å²) >= 11 is 0. The molecule has 0 fully saturated rings. The molecule has 8 heteroatoms. The number of amides is 1. The van der Waals surface area contributed by atoms with Gasteiger partial charge in [-0.05, 0) is 44.0 Å². The lowest BCUT2D eigenvalue weighted by molar-refractivity contribution is -0.116. The zero-order valence-corrected chi connectivity index (χ0v) is 18.6. The average molecular weight is 437 g/mol. The fourth-order valence-electron chi connectivity index (χ4n) is 3.19. The first-order valence-electron chi connectivity index (χ1n) is 10.6. The van der Waals surface area contributed by atoms with Gasteiger partial charge >= 0.3 is 0 Å². The fourth-order valence-corrected chi connectivity index (χ4v) is 3.19. The lowest BCUT2D eigenvalue weighted by Gasteiger charge is -2.14. The normalized spacial score (nSPS) is 10.6. The van der Waals surface area contributed by atoms with Gasteiger partial charge in [0, 0.05) is 41.7 Å². The minimum absolute atomic E-state index is 0.131. The summed E-state index contributed by atoms with van der Waals surface area (Å²) in [6, 6.07) is 8.84. The molecule has 3 rings (SSSR count). The molecule has 3 aromatic rings. The van der Waals surface area contributed by atoms with Crippen LogP contribution in [0.15, 0.2) is 47.5 Å². The molecule has 0 unspecified atom stereocenters. The molecule has 2 aromatic heterocycles. The third-order valence-corrected chi connectivity index (χ3v) is 4.99. The van der Waals surface area contributed by atoms with E-state index in [1.165, 1.54) is 0 Å². The van der Waals surface area contributed by atoms with Crippen LogP contribution in [0, 0.1) is 6.92 Å². The number of nitrogens with one attached hydrogen (secondary N) is 2. The Bertz CT molecular complexity index is 1110. The molecule has 2 N–H and O–H groups in total. The number of aromatic amines is 1. The Kier molecular flexibility index (Phi) is 7.96. The second kappa shape index (κ2) is 11.1. The standard InChI is InChI=1S/C24H28N4O4/c1-4-5-14-32-21-8-6-18(31-3)15-20(21)27-22(29)9-7-19-16(2)26-23(28-24(19)30)17-10-12-25-13-11-17/h6,8,10-13,15H,4-5,7,9,14H2,1-3H3,(H,27,29)(H,26,28,30). The van der Waals surface area contributed by atoms with E-state index in [4.69, 9.17) is 9.47 Å². The molecule has 0 bridgehead atoms. The van der Waals surface area contributed by atoms with Crippen LogP contribution in [-0.4, -0.2) is 34.6 Å². The number of methoxy groups -OCH3 is 1. The summed E-state index contributed by atoms with van der Waals surface area (Å²) in [5.41, 5.74) is 2.16. The second-order valence-electron chi connectivity index (χ2n) is 7.33. The molecule has 0 aliphatic carbocycles. The van der Waals surface area contributed by atoms with Gasteiger partial charge in [0.25, 0.3) is 5.56 Å². The van der Waals surface area contributed by atoms with E-state index in [-0.39, 0.29) is 24.3 Å². The first-order valence-corrected chi connectivity index (χ1v) is 10.6. The molecular weight excluding hydrogens is 408 g/mol. The number of hydrogen-bond donors (Lipinski definition) is 2. The van der Waals surface area contributed by atoms with Gasteiger partial charge in [-0.25, -0.2) is 4.98 Å². The molecule has 0 aliphatic rings. The highest BCUT2D eigenvalue weighted by Crippen LogP contribution is 2.29. The molecule has 0 spiro atoms. The number of ether oxygens (including phenoxy) is 2. The second-order valence-corrected chi connectivity index (χ2v) is 7.33. The maximum atomic E-state index is 12.6. The van der Waals surface area contributed by atoms with Gasteiger partial charge in [0.05, 0.1) is 19.4 Å². The first kappa shape index (κ1) is 23.0. The highest BCUT2D eigenvalue weighted by atomic mass is 16.5. The summed E-state index contributed by atoms with van der Waals surface area (Å²) in [5, 5.41) is 2.88. The molecular formula is C24H28N4O4. The van der Waals surface area contributed by atoms with E-state index in [9.17, 15) is 9.59 Å². The van der Waals surface area contributed by atoms with E-state index in [2.05, 4.69) is 27.2 Å². The van der Waals surface area contributed by atoms with Crippen LogP contribution in [-0.2, 0) is 11.2 Å². The van der Waals surface area contributed by atoms with Gasteiger partial charge in [-0.15, -0.1) is 0 Å². The van der Waals surface area contributed by atoms with Crippen LogP contribution in [0.4, 0.5) is 5.69 Å². The van der Waals surface area contributed by atoms with Crippen molar-refractivity contribution in [2.75, 3.05) is 19.0 Å². The number of rotatable bonds is 10. The molecule has 1 aromatic carbocycles. The number of carbonyl (C=O) groups is 1. The van der Waals surface area contributed by atoms with Crippen molar-refractivity contribution in [2.45, 2.75) is 39.5 Å². The monoisotopic (exact) mass is 436 g/mol. The van der Waals surface area contributed by atoms with Crippen molar-refractivity contribution in [3.8, 4) is 22.9 Å². The first-order chi connectivity index (χ1) is 15.5. The number of unbranched alkanes of at least 4 members (excludes halogenated alkanes) is 1. The Hall–Kier alpha value is -3.68. The Morgan fingerprint density at radius 2 is 1.97 bits per heavy atom. The molecule has 1 amide bonds. The van der Waals surface area contributed by atoms with E-state index in [1.807, 2.05) is 0 Å². The number of nitrogens with zero attached hydrogens (tertiary/aromatic N) is 2. The number of anilines is 1. The third kappa shape index (κ3) is 5.94. The molecule has 0 saturated carbocycles. The Balaban J connectivity index is 1.69. The van der Waals surface area contributed by atoms with Crippen LogP contribution in [0.1, 0.15) is 37.4 Å². The molecule has 0 atom stereocenters. The fraction of sp³-hybridized carbons (Fsp3) is 0.333. The van der Waals surface area contributed by atoms with Gasteiger partial charge in [-0.3, -0.25) is 14.6 Å². The van der Waals surface area contributed by atoms with Crippen molar-refractivity contribution in [2.24, 2.45) is 0 Å². The van der Waals surface area contributed by atoms with E-state index in [0.717, 1.165) is 18.4 Å². The summed E-state index contributed by atoms with van der Waals surface area (Å²) in [4.78, 5) is 36.5. The molecule has 0 saturated heterocycles. The topological polar surface area (TPSA) is 106 Å². The van der Waals surface area contributed by atoms with Crippen molar-refractivity contribution in [1.29, 1.82) is 0 Å². The molecule has 0 aliphatic heterocycles. The molecule has 8 nitrogen and oxygen atoms in total. The van der Waals surface area contributed by atoms with Crippen molar-refractivity contribution in [3.63, 3.8) is 0 Å². The SMILES string of the molecule is CCCCOc1ccc(OC)cc1NC(=O)CCc1c(C)nc(-c2ccncc2)[nH]c1=O. The predicted molar refractivity (Wildman–Crippen MR) is 123 cm³/mol. The lowest BCUT2D eigenvalue weighted by Crippen LogP contribution is -2.20. The largest absolute Gasteiger partial charge is 0.497 e. The number of aryl methyl sites for hydroxylation is 1. The van der Waals surface area contributed by atoms with Crippen molar-refractivity contribution < 1.29 is 14.3 Å². The van der Waals surface area contributed by atoms with Crippen LogP contribution < -0.4 is 20.3 Å². The number of pyridine rings is 1. The Morgan fingerprint density at radius 1 is 1.19 bits per heavy atom. The quantitative estimate of drug-likeness (QED) is 0.467. The summed E-state index contributed by atoms with van der Waals surface area (Å²) < 4.78 is 11.1. The van der Waals surface area contributed by atoms with Crippen molar-refractivity contribution in [3.05, 3.63) is 64.3 Å². The number of H-pyrrole nitrogens is 1. The lowest BCUT2D eigenvalue weighted by atomic mass is 10.1. The highest BCUT2D eigenvalue weighted by molar-refractivity contribution is 5.92. The average Bonchev–Trinajstić information content (AvgIpc) is 2.80. The number of benzene rings is 1. The Labute approximate surface area is 187 Å². The van der Waals surface area contributed by atoms with Gasteiger partial charge in [0.1, 0.15) is 17.3 Å². The molecule has 32 heavy (non-hydrogen) atoms. The van der Waals surface area contributed by atoms with Gasteiger partial charge in [0.2, 0.25) is 5.91 Å². The predicted octanol–water partition coefficient (Wildman–Crippen LogP) is 3.90. The van der Waals surface area contributed by atoms with Crippen molar-refractivity contribution in [1.82, 2.24) is 15.0 Å². The van der Waals surface area contributed by atoms with Gasteiger partial charge < -0.3 is 19.8 Å². The number of carbonyl (C=O) groups excluding carboxylic acids is 1. The van der Waals surface area contributed by atoms with E-state index < -0.39 is 0 Å². The number of aromatic nitrogens is 3. The van der Waals surface area contributed by atoms with Crippen LogP contribution >= 0.6 is 0 Å². The zero-order valence-electron chi connectivity index (χ0n) is 18.6. The number of hydrogen-bond acceptors (Lipinski definition) is 6. The summed E-state index contributed by atoms with van der Waals surface area (Å²) in [6.45, 7) is 4.42. The van der Waals surface area contributed by atoms with Crippen LogP contribution in [0.2, 0.25) is 0 Å². The van der Waals surface area contributed by atoms with Crippen molar-refractivity contribution >= 4 is 11.6 Å². The highest BCUT2D eigenvalue weighted by Gasteiger charge is 2.14. The summed E-state index contributed by atoms with van der Waals surface area (Å²) in [6.07, 6.45) is 5.62. The maximum Gasteiger partial charge on any atom is 0.254 e. The van der Waals surface area contributed by atoms with E-state index in [1.54, 1.807) is 56.8 Å².